The molecule has 0 aliphatic carbocycles. The minimum absolute atomic E-state index is 0.186. The fraction of sp³-hybridized carbons (Fsp3) is 0.208. The van der Waals surface area contributed by atoms with Crippen molar-refractivity contribution in [2.75, 3.05) is 18.4 Å². The molecule has 3 aromatic heterocycles. The lowest BCUT2D eigenvalue weighted by Crippen LogP contribution is -2.30. The number of nitrogens with zero attached hydrogens (tertiary/aromatic N) is 4. The summed E-state index contributed by atoms with van der Waals surface area (Å²) < 4.78 is 2.03. The highest BCUT2D eigenvalue weighted by atomic mass is 16.3. The van der Waals surface area contributed by atoms with Gasteiger partial charge in [0.1, 0.15) is 11.6 Å². The highest BCUT2D eigenvalue weighted by molar-refractivity contribution is 5.91. The van der Waals surface area contributed by atoms with Crippen LogP contribution in [0.2, 0.25) is 0 Å². The van der Waals surface area contributed by atoms with E-state index in [0.717, 1.165) is 59.1 Å². The molecule has 32 heavy (non-hydrogen) atoms. The summed E-state index contributed by atoms with van der Waals surface area (Å²) in [5, 5.41) is 23.6. The number of piperidine rings is 1. The van der Waals surface area contributed by atoms with Gasteiger partial charge in [-0.2, -0.15) is 5.10 Å². The van der Waals surface area contributed by atoms with E-state index in [1.165, 1.54) is 0 Å². The minimum Gasteiger partial charge on any atom is -0.508 e. The molecule has 1 aliphatic heterocycles. The van der Waals surface area contributed by atoms with Crippen LogP contribution in [0, 0.1) is 0 Å². The first kappa shape index (κ1) is 18.8. The van der Waals surface area contributed by atoms with Crippen molar-refractivity contribution < 1.29 is 5.11 Å². The molecule has 1 aliphatic rings. The van der Waals surface area contributed by atoms with Gasteiger partial charge in [0.25, 0.3) is 0 Å². The second kappa shape index (κ2) is 7.65. The predicted octanol–water partition coefficient (Wildman–Crippen LogP) is 4.35. The summed E-state index contributed by atoms with van der Waals surface area (Å²) in [5.74, 6) is 1.43. The van der Waals surface area contributed by atoms with Crippen molar-refractivity contribution in [3.8, 4) is 17.1 Å². The van der Waals surface area contributed by atoms with Crippen LogP contribution in [0.4, 0.5) is 11.5 Å². The van der Waals surface area contributed by atoms with Crippen molar-refractivity contribution in [2.45, 2.75) is 18.9 Å². The van der Waals surface area contributed by atoms with Crippen molar-refractivity contribution in [1.29, 1.82) is 0 Å². The Morgan fingerprint density at radius 1 is 1.03 bits per heavy atom. The lowest BCUT2D eigenvalue weighted by Gasteiger charge is -2.23. The predicted molar refractivity (Wildman–Crippen MR) is 125 cm³/mol. The van der Waals surface area contributed by atoms with Crippen LogP contribution in [0.25, 0.3) is 33.3 Å². The molecular weight excluding hydrogens is 402 g/mol. The van der Waals surface area contributed by atoms with Crippen LogP contribution in [0.1, 0.15) is 18.9 Å². The summed E-state index contributed by atoms with van der Waals surface area (Å²) in [4.78, 5) is 12.9. The fourth-order valence-electron chi connectivity index (χ4n) is 4.38. The first-order valence-electron chi connectivity index (χ1n) is 10.8. The molecule has 4 heterocycles. The first-order valence-corrected chi connectivity index (χ1v) is 10.8. The number of phenols is 1. The molecule has 160 valence electrons. The lowest BCUT2D eigenvalue weighted by molar-refractivity contribution is 0.350. The Morgan fingerprint density at radius 2 is 1.94 bits per heavy atom. The lowest BCUT2D eigenvalue weighted by atomic mass is 10.1. The van der Waals surface area contributed by atoms with Gasteiger partial charge in [0.15, 0.2) is 11.5 Å². The molecule has 0 unspecified atom stereocenters. The molecule has 0 amide bonds. The summed E-state index contributed by atoms with van der Waals surface area (Å²) in [6.45, 7) is 1.94. The van der Waals surface area contributed by atoms with Crippen molar-refractivity contribution in [1.82, 2.24) is 30.0 Å². The standard InChI is InChI=1S/C24H23N7O/c32-19-3-1-2-16(13-19)22-29-23(28-17-4-5-21-15(12-17)6-11-26-21)20-14-27-31(24(20)30-22)18-7-9-25-10-8-18/h1-6,11-14,18,25-26,32H,7-10H2,(H,28,29,30). The number of aromatic hydroxyl groups is 1. The molecule has 5 aromatic rings. The molecule has 1 fully saturated rings. The van der Waals surface area contributed by atoms with E-state index in [0.29, 0.717) is 17.7 Å². The average Bonchev–Trinajstić information content (AvgIpc) is 3.46. The summed E-state index contributed by atoms with van der Waals surface area (Å²) in [7, 11) is 0. The number of H-pyrrole nitrogens is 1. The monoisotopic (exact) mass is 425 g/mol. The Balaban J connectivity index is 1.49. The third-order valence-corrected chi connectivity index (χ3v) is 6.03. The molecule has 8 nitrogen and oxygen atoms in total. The Morgan fingerprint density at radius 3 is 2.81 bits per heavy atom. The van der Waals surface area contributed by atoms with Gasteiger partial charge in [0, 0.05) is 28.4 Å². The molecule has 0 bridgehead atoms. The van der Waals surface area contributed by atoms with Gasteiger partial charge in [-0.25, -0.2) is 14.6 Å². The summed E-state index contributed by atoms with van der Waals surface area (Å²) in [5.41, 5.74) is 3.58. The molecule has 0 atom stereocenters. The van der Waals surface area contributed by atoms with Gasteiger partial charge in [-0.1, -0.05) is 12.1 Å². The second-order valence-electron chi connectivity index (χ2n) is 8.16. The maximum Gasteiger partial charge on any atom is 0.164 e. The van der Waals surface area contributed by atoms with E-state index in [1.807, 2.05) is 41.3 Å². The molecule has 6 rings (SSSR count). The number of anilines is 2. The van der Waals surface area contributed by atoms with Crippen LogP contribution >= 0.6 is 0 Å². The van der Waals surface area contributed by atoms with Gasteiger partial charge in [-0.05, 0) is 62.3 Å². The van der Waals surface area contributed by atoms with Gasteiger partial charge >= 0.3 is 0 Å². The number of benzene rings is 2. The Labute approximate surface area is 184 Å². The smallest absolute Gasteiger partial charge is 0.164 e. The highest BCUT2D eigenvalue weighted by Gasteiger charge is 2.21. The van der Waals surface area contributed by atoms with E-state index < -0.39 is 0 Å². The number of aromatic nitrogens is 5. The second-order valence-corrected chi connectivity index (χ2v) is 8.16. The molecule has 4 N–H and O–H groups in total. The number of hydrogen-bond donors (Lipinski definition) is 4. The maximum absolute atomic E-state index is 9.99. The van der Waals surface area contributed by atoms with Gasteiger partial charge in [-0.15, -0.1) is 0 Å². The zero-order valence-corrected chi connectivity index (χ0v) is 17.4. The van der Waals surface area contributed by atoms with Crippen LogP contribution in [0.3, 0.4) is 0 Å². The molecule has 1 saturated heterocycles. The molecule has 0 radical (unpaired) electrons. The number of rotatable bonds is 4. The van der Waals surface area contributed by atoms with Gasteiger partial charge in [-0.3, -0.25) is 0 Å². The minimum atomic E-state index is 0.186. The number of nitrogens with one attached hydrogen (secondary N) is 3. The van der Waals surface area contributed by atoms with E-state index in [4.69, 9.17) is 15.1 Å². The third kappa shape index (κ3) is 3.34. The number of phenolic OH excluding ortho intramolecular Hbond substituents is 1. The number of aromatic amines is 1. The Kier molecular flexibility index (Phi) is 4.50. The van der Waals surface area contributed by atoms with Crippen LogP contribution in [0.15, 0.2) is 60.9 Å². The molecule has 0 saturated carbocycles. The van der Waals surface area contributed by atoms with Crippen LogP contribution in [-0.4, -0.2) is 42.9 Å². The summed E-state index contributed by atoms with van der Waals surface area (Å²) >= 11 is 0. The van der Waals surface area contributed by atoms with Crippen molar-refractivity contribution in [2.24, 2.45) is 0 Å². The zero-order chi connectivity index (χ0) is 21.5. The first-order chi connectivity index (χ1) is 15.7. The topological polar surface area (TPSA) is 104 Å². The maximum atomic E-state index is 9.99. The van der Waals surface area contributed by atoms with E-state index in [9.17, 15) is 5.11 Å². The van der Waals surface area contributed by atoms with Gasteiger partial charge < -0.3 is 20.7 Å². The van der Waals surface area contributed by atoms with E-state index >= 15 is 0 Å². The SMILES string of the molecule is Oc1cccc(-c2nc(Nc3ccc4[nH]ccc4c3)c3cnn(C4CCNCC4)c3n2)c1. The quantitative estimate of drug-likeness (QED) is 0.341. The molecule has 0 spiro atoms. The zero-order valence-electron chi connectivity index (χ0n) is 17.4. The average molecular weight is 425 g/mol. The molecule has 2 aromatic carbocycles. The van der Waals surface area contributed by atoms with Crippen LogP contribution in [0.5, 0.6) is 5.75 Å². The number of fused-ring (bicyclic) bond motifs is 2. The van der Waals surface area contributed by atoms with E-state index in [2.05, 4.69) is 21.7 Å². The largest absolute Gasteiger partial charge is 0.508 e. The Hall–Kier alpha value is -3.91. The van der Waals surface area contributed by atoms with Crippen LogP contribution < -0.4 is 10.6 Å². The normalized spacial score (nSPS) is 14.9. The van der Waals surface area contributed by atoms with E-state index in [-0.39, 0.29) is 5.75 Å². The molecule has 8 heteroatoms. The molecular formula is C24H23N7O. The van der Waals surface area contributed by atoms with E-state index in [1.54, 1.807) is 18.2 Å². The van der Waals surface area contributed by atoms with Crippen molar-refractivity contribution in [3.05, 3.63) is 60.9 Å². The third-order valence-electron chi connectivity index (χ3n) is 6.03. The van der Waals surface area contributed by atoms with Crippen LogP contribution in [-0.2, 0) is 0 Å². The Bertz CT molecular complexity index is 1410. The fourth-order valence-corrected chi connectivity index (χ4v) is 4.38. The van der Waals surface area contributed by atoms with Crippen molar-refractivity contribution >= 4 is 33.4 Å². The summed E-state index contributed by atoms with van der Waals surface area (Å²) in [6.07, 6.45) is 5.80. The number of hydrogen-bond acceptors (Lipinski definition) is 6. The van der Waals surface area contributed by atoms with Gasteiger partial charge in [0.05, 0.1) is 17.6 Å². The highest BCUT2D eigenvalue weighted by Crippen LogP contribution is 2.31. The summed E-state index contributed by atoms with van der Waals surface area (Å²) in [6, 6.07) is 15.5. The van der Waals surface area contributed by atoms with Crippen molar-refractivity contribution in [3.63, 3.8) is 0 Å². The van der Waals surface area contributed by atoms with Gasteiger partial charge in [0.2, 0.25) is 0 Å².